The molecule has 0 bridgehead atoms. The Hall–Kier alpha value is -2.75. The number of nitrogens with one attached hydrogen (secondary N) is 2. The average Bonchev–Trinajstić information content (AvgIpc) is 2.78. The van der Waals surface area contributed by atoms with E-state index in [4.69, 9.17) is 0 Å². The number of nitrogens with zero attached hydrogens (tertiary/aromatic N) is 4. The van der Waals surface area contributed by atoms with Crippen molar-refractivity contribution in [3.05, 3.63) is 54.6 Å². The lowest BCUT2D eigenvalue weighted by atomic mass is 10.2. The zero-order valence-corrected chi connectivity index (χ0v) is 18.6. The predicted octanol–water partition coefficient (Wildman–Crippen LogP) is 2.48. The van der Waals surface area contributed by atoms with Gasteiger partial charge in [0.1, 0.15) is 0 Å². The minimum absolute atomic E-state index is 0.182. The summed E-state index contributed by atoms with van der Waals surface area (Å²) in [6.45, 7) is 6.91. The van der Waals surface area contributed by atoms with Gasteiger partial charge in [0.05, 0.1) is 15.9 Å². The maximum absolute atomic E-state index is 12.9. The standard InChI is InChI=1S/C22H28N6O2S/c1-17(28-14-12-27(2)13-15-28)16-23-21-22(25-20-11-7-6-10-19(20)24-21)26-31(29,30)18-8-4-3-5-9-18/h3-11,17H,12-16H2,1-2H3,(H,23,24)(H,25,26). The van der Waals surface area contributed by atoms with E-state index in [0.29, 0.717) is 23.4 Å². The molecule has 1 unspecified atom stereocenters. The Morgan fingerprint density at radius 3 is 2.13 bits per heavy atom. The zero-order chi connectivity index (χ0) is 21.8. The summed E-state index contributed by atoms with van der Waals surface area (Å²) in [5.41, 5.74) is 1.34. The molecule has 1 aromatic heterocycles. The molecule has 1 saturated heterocycles. The van der Waals surface area contributed by atoms with E-state index in [9.17, 15) is 8.42 Å². The second kappa shape index (κ2) is 9.17. The van der Waals surface area contributed by atoms with E-state index in [1.807, 2.05) is 24.3 Å². The fourth-order valence-electron chi connectivity index (χ4n) is 3.62. The third-order valence-electron chi connectivity index (χ3n) is 5.58. The lowest BCUT2D eigenvalue weighted by Crippen LogP contribution is -2.50. The normalized spacial score (nSPS) is 16.8. The summed E-state index contributed by atoms with van der Waals surface area (Å²) < 4.78 is 28.4. The van der Waals surface area contributed by atoms with Crippen molar-refractivity contribution in [1.29, 1.82) is 0 Å². The first-order valence-electron chi connectivity index (χ1n) is 10.4. The van der Waals surface area contributed by atoms with E-state index in [2.05, 4.69) is 43.8 Å². The van der Waals surface area contributed by atoms with Crippen LogP contribution >= 0.6 is 0 Å². The van der Waals surface area contributed by atoms with Crippen molar-refractivity contribution in [1.82, 2.24) is 19.8 Å². The molecule has 3 aromatic rings. The lowest BCUT2D eigenvalue weighted by Gasteiger charge is -2.36. The number of piperazine rings is 1. The number of likely N-dealkylation sites (N-methyl/N-ethyl adjacent to an activating group) is 1. The molecule has 2 aromatic carbocycles. The smallest absolute Gasteiger partial charge is 0.263 e. The Balaban J connectivity index is 1.58. The number of para-hydroxylation sites is 2. The van der Waals surface area contributed by atoms with E-state index in [0.717, 1.165) is 26.2 Å². The highest BCUT2D eigenvalue weighted by molar-refractivity contribution is 7.92. The molecular weight excluding hydrogens is 412 g/mol. The van der Waals surface area contributed by atoms with E-state index < -0.39 is 10.0 Å². The number of hydrogen-bond donors (Lipinski definition) is 2. The molecule has 1 atom stereocenters. The van der Waals surface area contributed by atoms with Gasteiger partial charge in [0.2, 0.25) is 0 Å². The molecule has 0 aliphatic carbocycles. The van der Waals surface area contributed by atoms with Crippen LogP contribution in [0.4, 0.5) is 11.6 Å². The van der Waals surface area contributed by atoms with E-state index in [1.54, 1.807) is 30.3 Å². The molecule has 0 radical (unpaired) electrons. The van der Waals surface area contributed by atoms with Gasteiger partial charge >= 0.3 is 0 Å². The Bertz CT molecular complexity index is 1130. The topological polar surface area (TPSA) is 90.5 Å². The SMILES string of the molecule is CC(CNc1nc2ccccc2nc1NS(=O)(=O)c1ccccc1)N1CCN(C)CC1. The van der Waals surface area contributed by atoms with Crippen LogP contribution in [0.2, 0.25) is 0 Å². The molecule has 164 valence electrons. The minimum atomic E-state index is -3.78. The number of hydrogen-bond acceptors (Lipinski definition) is 7. The van der Waals surface area contributed by atoms with Crippen molar-refractivity contribution in [2.45, 2.75) is 17.9 Å². The molecular formula is C22H28N6O2S. The van der Waals surface area contributed by atoms with Gasteiger partial charge < -0.3 is 10.2 Å². The third kappa shape index (κ3) is 5.12. The van der Waals surface area contributed by atoms with E-state index in [-0.39, 0.29) is 16.8 Å². The van der Waals surface area contributed by atoms with Gasteiger partial charge in [0.25, 0.3) is 10.0 Å². The third-order valence-corrected chi connectivity index (χ3v) is 6.94. The summed E-state index contributed by atoms with van der Waals surface area (Å²) in [5, 5.41) is 3.33. The number of rotatable bonds is 7. The Kier molecular flexibility index (Phi) is 6.35. The van der Waals surface area contributed by atoms with Crippen LogP contribution < -0.4 is 10.0 Å². The van der Waals surface area contributed by atoms with Gasteiger partial charge in [-0.25, -0.2) is 18.4 Å². The highest BCUT2D eigenvalue weighted by Crippen LogP contribution is 2.24. The number of aromatic nitrogens is 2. The minimum Gasteiger partial charge on any atom is -0.365 e. The average molecular weight is 441 g/mol. The summed E-state index contributed by atoms with van der Waals surface area (Å²) in [6.07, 6.45) is 0. The summed E-state index contributed by atoms with van der Waals surface area (Å²) in [5.74, 6) is 0.632. The first-order chi connectivity index (χ1) is 14.9. The van der Waals surface area contributed by atoms with Crippen molar-refractivity contribution >= 4 is 32.7 Å². The molecule has 1 aliphatic rings. The molecule has 2 heterocycles. The van der Waals surface area contributed by atoms with Crippen LogP contribution in [0.3, 0.4) is 0 Å². The first kappa shape index (κ1) is 21.5. The molecule has 9 heteroatoms. The molecule has 8 nitrogen and oxygen atoms in total. The van der Waals surface area contributed by atoms with Gasteiger partial charge in [-0.05, 0) is 38.2 Å². The summed E-state index contributed by atoms with van der Waals surface area (Å²) in [4.78, 5) is 14.1. The van der Waals surface area contributed by atoms with Gasteiger partial charge in [-0.1, -0.05) is 30.3 Å². The molecule has 4 rings (SSSR count). The highest BCUT2D eigenvalue weighted by atomic mass is 32.2. The van der Waals surface area contributed by atoms with Crippen LogP contribution in [-0.4, -0.2) is 74.0 Å². The fourth-order valence-corrected chi connectivity index (χ4v) is 4.65. The van der Waals surface area contributed by atoms with Crippen LogP contribution in [0.5, 0.6) is 0 Å². The second-order valence-corrected chi connectivity index (χ2v) is 9.58. The van der Waals surface area contributed by atoms with Crippen molar-refractivity contribution in [3.8, 4) is 0 Å². The van der Waals surface area contributed by atoms with E-state index in [1.165, 1.54) is 0 Å². The predicted molar refractivity (Wildman–Crippen MR) is 124 cm³/mol. The largest absolute Gasteiger partial charge is 0.365 e. The molecule has 1 aliphatic heterocycles. The molecule has 31 heavy (non-hydrogen) atoms. The summed E-state index contributed by atoms with van der Waals surface area (Å²) in [7, 11) is -1.64. The second-order valence-electron chi connectivity index (χ2n) is 7.90. The number of sulfonamides is 1. The molecule has 2 N–H and O–H groups in total. The van der Waals surface area contributed by atoms with Crippen molar-refractivity contribution in [3.63, 3.8) is 0 Å². The summed E-state index contributed by atoms with van der Waals surface area (Å²) in [6, 6.07) is 16.0. The number of anilines is 2. The zero-order valence-electron chi connectivity index (χ0n) is 17.8. The Morgan fingerprint density at radius 1 is 0.903 bits per heavy atom. The maximum Gasteiger partial charge on any atom is 0.263 e. The van der Waals surface area contributed by atoms with Crippen molar-refractivity contribution in [2.75, 3.05) is 49.8 Å². The van der Waals surface area contributed by atoms with Crippen molar-refractivity contribution in [2.24, 2.45) is 0 Å². The molecule has 0 amide bonds. The number of benzene rings is 2. The quantitative estimate of drug-likeness (QED) is 0.583. The van der Waals surface area contributed by atoms with Gasteiger partial charge in [-0.15, -0.1) is 0 Å². The van der Waals surface area contributed by atoms with Gasteiger partial charge in [-0.2, -0.15) is 0 Å². The van der Waals surface area contributed by atoms with Gasteiger partial charge in [0.15, 0.2) is 11.6 Å². The van der Waals surface area contributed by atoms with E-state index >= 15 is 0 Å². The Morgan fingerprint density at radius 2 is 1.48 bits per heavy atom. The maximum atomic E-state index is 12.9. The van der Waals surface area contributed by atoms with Gasteiger partial charge in [-0.3, -0.25) is 9.62 Å². The van der Waals surface area contributed by atoms with Crippen LogP contribution in [0.25, 0.3) is 11.0 Å². The van der Waals surface area contributed by atoms with Crippen LogP contribution in [-0.2, 0) is 10.0 Å². The van der Waals surface area contributed by atoms with Gasteiger partial charge in [0, 0.05) is 38.8 Å². The first-order valence-corrected chi connectivity index (χ1v) is 11.9. The molecule has 0 spiro atoms. The summed E-state index contributed by atoms with van der Waals surface area (Å²) >= 11 is 0. The molecule has 1 fully saturated rings. The Labute approximate surface area is 183 Å². The van der Waals surface area contributed by atoms with Crippen LogP contribution in [0.15, 0.2) is 59.5 Å². The lowest BCUT2D eigenvalue weighted by molar-refractivity contribution is 0.123. The number of fused-ring (bicyclic) bond motifs is 1. The monoisotopic (exact) mass is 440 g/mol. The fraction of sp³-hybridized carbons (Fsp3) is 0.364. The van der Waals surface area contributed by atoms with Crippen molar-refractivity contribution < 1.29 is 8.42 Å². The molecule has 0 saturated carbocycles. The van der Waals surface area contributed by atoms with Crippen LogP contribution in [0.1, 0.15) is 6.92 Å². The highest BCUT2D eigenvalue weighted by Gasteiger charge is 2.21. The van der Waals surface area contributed by atoms with Crippen LogP contribution in [0, 0.1) is 0 Å².